The molecule has 0 aliphatic carbocycles. The molecule has 0 radical (unpaired) electrons. The highest BCUT2D eigenvalue weighted by Gasteiger charge is 2.22. The number of hydrogen-bond donors (Lipinski definition) is 2. The zero-order chi connectivity index (χ0) is 22.7. The fraction of sp³-hybridized carbons (Fsp3) is 0.905. The first-order chi connectivity index (χ1) is 14.3. The smallest absolute Gasteiger partial charge is 0.462 e. The third-order valence-electron chi connectivity index (χ3n) is 4.63. The molecule has 0 aliphatic heterocycles. The molecule has 0 heterocycles. The molecule has 30 heavy (non-hydrogen) atoms. The van der Waals surface area contributed by atoms with Gasteiger partial charge in [0.25, 0.3) is 0 Å². The third-order valence-corrected chi connectivity index (χ3v) is 5.11. The van der Waals surface area contributed by atoms with Gasteiger partial charge in [-0.25, -0.2) is 4.57 Å². The van der Waals surface area contributed by atoms with Crippen LogP contribution in [0.5, 0.6) is 0 Å². The average molecular weight is 453 g/mol. The summed E-state index contributed by atoms with van der Waals surface area (Å²) in [4.78, 5) is 41.5. The molecule has 0 bridgehead atoms. The quantitative estimate of drug-likeness (QED) is 0.150. The van der Waals surface area contributed by atoms with E-state index in [0.29, 0.717) is 12.8 Å². The highest BCUT2D eigenvalue weighted by molar-refractivity contribution is 7.46. The molecule has 0 saturated heterocycles. The van der Waals surface area contributed by atoms with E-state index < -0.39 is 32.5 Å². The Hall–Kier alpha value is -0.950. The molecule has 0 aromatic carbocycles. The van der Waals surface area contributed by atoms with Crippen LogP contribution in [0.1, 0.15) is 104 Å². The van der Waals surface area contributed by atoms with Crippen LogP contribution in [0.4, 0.5) is 0 Å². The first-order valence-corrected chi connectivity index (χ1v) is 12.9. The van der Waals surface area contributed by atoms with Gasteiger partial charge in [0.15, 0.2) is 6.10 Å². The summed E-state index contributed by atoms with van der Waals surface area (Å²) in [6.07, 6.45) is 12.0. The van der Waals surface area contributed by atoms with Gasteiger partial charge in [-0.15, -0.1) is 0 Å². The summed E-state index contributed by atoms with van der Waals surface area (Å²) in [6, 6.07) is 0. The lowest BCUT2D eigenvalue weighted by atomic mass is 10.1. The van der Waals surface area contributed by atoms with Crippen molar-refractivity contribution in [3.05, 3.63) is 0 Å². The van der Waals surface area contributed by atoms with Crippen molar-refractivity contribution in [2.24, 2.45) is 0 Å². The summed E-state index contributed by atoms with van der Waals surface area (Å²) in [5.41, 5.74) is 0. The standard InChI is InChI=1S/C21H41O8P/c1-3-5-7-9-10-11-12-14-16-21(23)29-19(18-28-30(24,25)26)17-27-20(22)15-13-8-6-4-2/h19H,3-18H2,1-2H3,(H2,24,25,26)/t19-/m1/s1. The van der Waals surface area contributed by atoms with Gasteiger partial charge < -0.3 is 19.3 Å². The van der Waals surface area contributed by atoms with Gasteiger partial charge in [-0.3, -0.25) is 14.1 Å². The van der Waals surface area contributed by atoms with Crippen molar-refractivity contribution in [1.82, 2.24) is 0 Å². The number of phosphoric ester groups is 1. The van der Waals surface area contributed by atoms with E-state index in [2.05, 4.69) is 18.4 Å². The molecule has 1 atom stereocenters. The van der Waals surface area contributed by atoms with Gasteiger partial charge in [0, 0.05) is 12.8 Å². The second-order valence-corrected chi connectivity index (χ2v) is 8.86. The van der Waals surface area contributed by atoms with E-state index in [1.807, 2.05) is 0 Å². The fourth-order valence-electron chi connectivity index (χ4n) is 2.90. The predicted octanol–water partition coefficient (Wildman–Crippen LogP) is 5.05. The molecule has 2 N–H and O–H groups in total. The Bertz CT molecular complexity index is 491. The van der Waals surface area contributed by atoms with Crippen molar-refractivity contribution in [3.8, 4) is 0 Å². The van der Waals surface area contributed by atoms with E-state index >= 15 is 0 Å². The number of carbonyl (C=O) groups is 2. The molecule has 0 amide bonds. The number of rotatable bonds is 20. The molecule has 0 rings (SSSR count). The van der Waals surface area contributed by atoms with E-state index in [1.165, 1.54) is 25.7 Å². The van der Waals surface area contributed by atoms with Gasteiger partial charge in [0.2, 0.25) is 0 Å². The van der Waals surface area contributed by atoms with E-state index in [0.717, 1.165) is 38.5 Å². The van der Waals surface area contributed by atoms with Crippen molar-refractivity contribution in [2.45, 2.75) is 110 Å². The highest BCUT2D eigenvalue weighted by Crippen LogP contribution is 2.35. The molecule has 0 aromatic rings. The molecule has 9 heteroatoms. The van der Waals surface area contributed by atoms with E-state index in [-0.39, 0.29) is 19.4 Å². The van der Waals surface area contributed by atoms with Gasteiger partial charge in [-0.05, 0) is 12.8 Å². The monoisotopic (exact) mass is 452 g/mol. The molecule has 0 fully saturated rings. The van der Waals surface area contributed by atoms with Crippen LogP contribution in [-0.4, -0.2) is 41.0 Å². The van der Waals surface area contributed by atoms with Crippen molar-refractivity contribution in [1.29, 1.82) is 0 Å². The second kappa shape index (κ2) is 18.8. The summed E-state index contributed by atoms with van der Waals surface area (Å²) in [6.45, 7) is 3.44. The maximum absolute atomic E-state index is 12.0. The third kappa shape index (κ3) is 20.3. The summed E-state index contributed by atoms with van der Waals surface area (Å²) >= 11 is 0. The fourth-order valence-corrected chi connectivity index (χ4v) is 3.26. The van der Waals surface area contributed by atoms with Crippen molar-refractivity contribution in [3.63, 3.8) is 0 Å². The summed E-state index contributed by atoms with van der Waals surface area (Å²) in [7, 11) is -4.71. The maximum Gasteiger partial charge on any atom is 0.469 e. The Morgan fingerprint density at radius 1 is 0.733 bits per heavy atom. The minimum Gasteiger partial charge on any atom is -0.462 e. The Labute approximate surface area is 181 Å². The largest absolute Gasteiger partial charge is 0.469 e. The minimum atomic E-state index is -4.71. The molecule has 0 aromatic heterocycles. The van der Waals surface area contributed by atoms with Crippen LogP contribution in [0.25, 0.3) is 0 Å². The summed E-state index contributed by atoms with van der Waals surface area (Å²) in [5.74, 6) is -0.911. The molecule has 0 aliphatic rings. The maximum atomic E-state index is 12.0. The topological polar surface area (TPSA) is 119 Å². The molecular formula is C21H41O8P. The lowest BCUT2D eigenvalue weighted by molar-refractivity contribution is -0.161. The number of hydrogen-bond acceptors (Lipinski definition) is 6. The molecule has 0 unspecified atom stereocenters. The highest BCUT2D eigenvalue weighted by atomic mass is 31.2. The summed E-state index contributed by atoms with van der Waals surface area (Å²) in [5, 5.41) is 0. The lowest BCUT2D eigenvalue weighted by Crippen LogP contribution is -2.29. The molecule has 0 saturated carbocycles. The first kappa shape index (κ1) is 29.1. The van der Waals surface area contributed by atoms with Gasteiger partial charge in [-0.2, -0.15) is 0 Å². The minimum absolute atomic E-state index is 0.215. The molecule has 178 valence electrons. The van der Waals surface area contributed by atoms with Crippen molar-refractivity contribution >= 4 is 19.8 Å². The van der Waals surface area contributed by atoms with Crippen LogP contribution >= 0.6 is 7.82 Å². The normalized spacial score (nSPS) is 12.5. The Balaban J connectivity index is 4.18. The van der Waals surface area contributed by atoms with E-state index in [4.69, 9.17) is 19.3 Å². The van der Waals surface area contributed by atoms with E-state index in [9.17, 15) is 14.2 Å². The zero-order valence-electron chi connectivity index (χ0n) is 18.7. The second-order valence-electron chi connectivity index (χ2n) is 7.62. The van der Waals surface area contributed by atoms with Crippen molar-refractivity contribution in [2.75, 3.05) is 13.2 Å². The molecule has 8 nitrogen and oxygen atoms in total. The van der Waals surface area contributed by atoms with Crippen LogP contribution in [0, 0.1) is 0 Å². The zero-order valence-corrected chi connectivity index (χ0v) is 19.6. The number of unbranched alkanes of at least 4 members (excludes halogenated alkanes) is 10. The van der Waals surface area contributed by atoms with Gasteiger partial charge in [0.05, 0.1) is 6.61 Å². The van der Waals surface area contributed by atoms with Crippen LogP contribution in [0.2, 0.25) is 0 Å². The molecule has 0 spiro atoms. The Morgan fingerprint density at radius 2 is 1.20 bits per heavy atom. The Kier molecular flexibility index (Phi) is 18.2. The van der Waals surface area contributed by atoms with Crippen LogP contribution in [0.15, 0.2) is 0 Å². The van der Waals surface area contributed by atoms with Crippen LogP contribution in [0.3, 0.4) is 0 Å². The number of carbonyl (C=O) groups excluding carboxylic acids is 2. The lowest BCUT2D eigenvalue weighted by Gasteiger charge is -2.18. The number of ether oxygens (including phenoxy) is 2. The van der Waals surface area contributed by atoms with Crippen molar-refractivity contribution < 1.29 is 37.9 Å². The predicted molar refractivity (Wildman–Crippen MR) is 115 cm³/mol. The molecular weight excluding hydrogens is 411 g/mol. The number of phosphoric acid groups is 1. The average Bonchev–Trinajstić information content (AvgIpc) is 2.68. The van der Waals surface area contributed by atoms with Crippen LogP contribution < -0.4 is 0 Å². The Morgan fingerprint density at radius 3 is 1.73 bits per heavy atom. The number of esters is 2. The van der Waals surface area contributed by atoms with Gasteiger partial charge >= 0.3 is 19.8 Å². The van der Waals surface area contributed by atoms with Crippen LogP contribution in [-0.2, 0) is 28.2 Å². The van der Waals surface area contributed by atoms with E-state index in [1.54, 1.807) is 0 Å². The SMILES string of the molecule is CCCCCCCCCCC(=O)O[C@H](COC(=O)CCCCCC)COP(=O)(O)O. The first-order valence-electron chi connectivity index (χ1n) is 11.3. The van der Waals surface area contributed by atoms with Gasteiger partial charge in [0.1, 0.15) is 6.61 Å². The van der Waals surface area contributed by atoms with Gasteiger partial charge in [-0.1, -0.05) is 78.1 Å². The summed E-state index contributed by atoms with van der Waals surface area (Å²) < 4.78 is 25.7.